The van der Waals surface area contributed by atoms with Crippen LogP contribution in [-0.4, -0.2) is 20.0 Å². The molecule has 6 heteroatoms. The van der Waals surface area contributed by atoms with Gasteiger partial charge in [-0.15, -0.1) is 11.3 Å². The van der Waals surface area contributed by atoms with E-state index in [-0.39, 0.29) is 9.92 Å². The highest BCUT2D eigenvalue weighted by atomic mass is 35.5. The Balaban J connectivity index is 2.28. The van der Waals surface area contributed by atoms with Crippen LogP contribution in [0.4, 0.5) is 0 Å². The molecule has 0 spiro atoms. The Bertz CT molecular complexity index is 717. The zero-order valence-electron chi connectivity index (χ0n) is 10.1. The minimum atomic E-state index is -3.70. The van der Waals surface area contributed by atoms with Crippen molar-refractivity contribution in [3.63, 3.8) is 0 Å². The van der Waals surface area contributed by atoms with Crippen LogP contribution in [0.15, 0.2) is 41.3 Å². The molecule has 0 N–H and O–H groups in total. The average Bonchev–Trinajstić information content (AvgIpc) is 2.76. The number of halogens is 1. The number of aryl methyl sites for hydroxylation is 1. The first-order valence-corrected chi connectivity index (χ1v) is 8.32. The predicted molar refractivity (Wildman–Crippen MR) is 76.9 cm³/mol. The SMILES string of the molecule is Cc1ccc(C(=O)CS(=O)(=O)c2ccccc2Cl)s1. The zero-order valence-corrected chi connectivity index (χ0v) is 12.5. The van der Waals surface area contributed by atoms with Crippen LogP contribution in [-0.2, 0) is 9.84 Å². The number of carbonyl (C=O) groups is 1. The van der Waals surface area contributed by atoms with E-state index in [9.17, 15) is 13.2 Å². The lowest BCUT2D eigenvalue weighted by molar-refractivity contribution is 0.102. The quantitative estimate of drug-likeness (QED) is 0.813. The third-order valence-electron chi connectivity index (χ3n) is 2.51. The van der Waals surface area contributed by atoms with Crippen LogP contribution in [0.3, 0.4) is 0 Å². The van der Waals surface area contributed by atoms with Crippen molar-refractivity contribution in [2.45, 2.75) is 11.8 Å². The van der Waals surface area contributed by atoms with E-state index in [1.807, 2.05) is 6.92 Å². The maximum absolute atomic E-state index is 12.1. The Morgan fingerprint density at radius 2 is 1.89 bits per heavy atom. The highest BCUT2D eigenvalue weighted by Gasteiger charge is 2.23. The predicted octanol–water partition coefficient (Wildman–Crippen LogP) is 3.37. The maximum atomic E-state index is 12.1. The highest BCUT2D eigenvalue weighted by molar-refractivity contribution is 7.92. The first kappa shape index (κ1) is 14.2. The Kier molecular flexibility index (Phi) is 4.08. The lowest BCUT2D eigenvalue weighted by Crippen LogP contribution is -2.15. The molecule has 19 heavy (non-hydrogen) atoms. The van der Waals surface area contributed by atoms with Crippen molar-refractivity contribution >= 4 is 38.6 Å². The Morgan fingerprint density at radius 3 is 2.47 bits per heavy atom. The first-order valence-electron chi connectivity index (χ1n) is 5.47. The molecular weight excluding hydrogens is 304 g/mol. The van der Waals surface area contributed by atoms with E-state index in [0.29, 0.717) is 4.88 Å². The molecule has 0 fully saturated rings. The molecule has 1 aromatic carbocycles. The molecule has 100 valence electrons. The van der Waals surface area contributed by atoms with E-state index in [4.69, 9.17) is 11.6 Å². The highest BCUT2D eigenvalue weighted by Crippen LogP contribution is 2.23. The molecule has 0 aliphatic carbocycles. The van der Waals surface area contributed by atoms with Gasteiger partial charge in [0.15, 0.2) is 15.6 Å². The van der Waals surface area contributed by atoms with Gasteiger partial charge in [0, 0.05) is 4.88 Å². The van der Waals surface area contributed by atoms with Crippen LogP contribution in [0.1, 0.15) is 14.5 Å². The van der Waals surface area contributed by atoms with Gasteiger partial charge >= 0.3 is 0 Å². The van der Waals surface area contributed by atoms with Crippen molar-refractivity contribution in [3.8, 4) is 0 Å². The summed E-state index contributed by atoms with van der Waals surface area (Å²) in [6.07, 6.45) is 0. The van der Waals surface area contributed by atoms with Crippen LogP contribution in [0, 0.1) is 6.92 Å². The number of benzene rings is 1. The van der Waals surface area contributed by atoms with Crippen molar-refractivity contribution in [2.75, 3.05) is 5.75 Å². The standard InChI is InChI=1S/C13H11ClO3S2/c1-9-6-7-12(18-9)11(15)8-19(16,17)13-5-3-2-4-10(13)14/h2-7H,8H2,1H3. The fourth-order valence-corrected chi connectivity index (χ4v) is 4.29. The Morgan fingerprint density at radius 1 is 1.21 bits per heavy atom. The lowest BCUT2D eigenvalue weighted by Gasteiger charge is -2.04. The van der Waals surface area contributed by atoms with Crippen molar-refractivity contribution in [1.29, 1.82) is 0 Å². The van der Waals surface area contributed by atoms with Gasteiger partial charge in [-0.1, -0.05) is 23.7 Å². The molecule has 0 amide bonds. The molecule has 1 aromatic heterocycles. The number of carbonyl (C=O) groups excluding carboxylic acids is 1. The van der Waals surface area contributed by atoms with E-state index >= 15 is 0 Å². The van der Waals surface area contributed by atoms with Gasteiger partial charge in [-0.2, -0.15) is 0 Å². The third-order valence-corrected chi connectivity index (χ3v) is 5.66. The molecule has 2 aromatic rings. The van der Waals surface area contributed by atoms with Gasteiger partial charge < -0.3 is 0 Å². The number of sulfone groups is 1. The van der Waals surface area contributed by atoms with E-state index in [2.05, 4.69) is 0 Å². The van der Waals surface area contributed by atoms with Crippen LogP contribution in [0.2, 0.25) is 5.02 Å². The van der Waals surface area contributed by atoms with E-state index < -0.39 is 21.4 Å². The van der Waals surface area contributed by atoms with E-state index in [1.165, 1.54) is 23.5 Å². The molecule has 0 saturated carbocycles. The largest absolute Gasteiger partial charge is 0.292 e. The summed E-state index contributed by atoms with van der Waals surface area (Å²) in [5.41, 5.74) is 0. The van der Waals surface area contributed by atoms with Crippen molar-refractivity contribution in [1.82, 2.24) is 0 Å². The average molecular weight is 315 g/mol. The molecular formula is C13H11ClO3S2. The van der Waals surface area contributed by atoms with E-state index in [0.717, 1.165) is 4.88 Å². The summed E-state index contributed by atoms with van der Waals surface area (Å²) < 4.78 is 24.3. The van der Waals surface area contributed by atoms with Gasteiger partial charge in [0.25, 0.3) is 0 Å². The van der Waals surface area contributed by atoms with Crippen LogP contribution in [0.5, 0.6) is 0 Å². The molecule has 0 saturated heterocycles. The number of ketones is 1. The summed E-state index contributed by atoms with van der Waals surface area (Å²) in [6.45, 7) is 1.87. The number of hydrogen-bond acceptors (Lipinski definition) is 4. The van der Waals surface area contributed by atoms with Gasteiger partial charge in [-0.3, -0.25) is 4.79 Å². The molecule has 0 unspecified atom stereocenters. The zero-order chi connectivity index (χ0) is 14.0. The van der Waals surface area contributed by atoms with Gasteiger partial charge in [0.1, 0.15) is 5.75 Å². The number of Topliss-reactive ketones (excluding diaryl/α,β-unsaturated/α-hetero) is 1. The summed E-state index contributed by atoms with van der Waals surface area (Å²) in [4.78, 5) is 13.4. The molecule has 0 atom stereocenters. The molecule has 0 aliphatic heterocycles. The summed E-state index contributed by atoms with van der Waals surface area (Å²) in [5, 5.41) is 0.137. The van der Waals surface area contributed by atoms with Crippen LogP contribution >= 0.6 is 22.9 Å². The van der Waals surface area contributed by atoms with Gasteiger partial charge in [0.05, 0.1) is 14.8 Å². The number of thiophene rings is 1. The van der Waals surface area contributed by atoms with Crippen molar-refractivity contribution < 1.29 is 13.2 Å². The minimum absolute atomic E-state index is 0.00158. The topological polar surface area (TPSA) is 51.2 Å². The first-order chi connectivity index (χ1) is 8.90. The summed E-state index contributed by atoms with van der Waals surface area (Å²) in [5.74, 6) is -0.963. The lowest BCUT2D eigenvalue weighted by atomic mass is 10.3. The smallest absolute Gasteiger partial charge is 0.188 e. The van der Waals surface area contributed by atoms with Crippen LogP contribution in [0.25, 0.3) is 0 Å². The van der Waals surface area contributed by atoms with E-state index in [1.54, 1.807) is 24.3 Å². The van der Waals surface area contributed by atoms with Gasteiger partial charge in [-0.05, 0) is 31.2 Å². The summed E-state index contributed by atoms with van der Waals surface area (Å²) >= 11 is 7.14. The molecule has 2 rings (SSSR count). The normalized spacial score (nSPS) is 11.5. The fourth-order valence-electron chi connectivity index (χ4n) is 1.60. The summed E-state index contributed by atoms with van der Waals surface area (Å²) in [7, 11) is -3.70. The minimum Gasteiger partial charge on any atom is -0.292 e. The van der Waals surface area contributed by atoms with Crippen molar-refractivity contribution in [3.05, 3.63) is 51.2 Å². The molecule has 0 radical (unpaired) electrons. The molecule has 3 nitrogen and oxygen atoms in total. The van der Waals surface area contributed by atoms with Gasteiger partial charge in [-0.25, -0.2) is 8.42 Å². The fraction of sp³-hybridized carbons (Fsp3) is 0.154. The third kappa shape index (κ3) is 3.23. The summed E-state index contributed by atoms with van der Waals surface area (Å²) in [6, 6.07) is 9.56. The maximum Gasteiger partial charge on any atom is 0.188 e. The van der Waals surface area contributed by atoms with Crippen molar-refractivity contribution in [2.24, 2.45) is 0 Å². The second kappa shape index (κ2) is 5.45. The second-order valence-corrected chi connectivity index (χ2v) is 7.68. The number of rotatable bonds is 4. The number of hydrogen-bond donors (Lipinski definition) is 0. The molecule has 0 bridgehead atoms. The van der Waals surface area contributed by atoms with Crippen LogP contribution < -0.4 is 0 Å². The Labute approximate surface area is 120 Å². The Hall–Kier alpha value is -1.17. The molecule has 1 heterocycles. The molecule has 0 aliphatic rings. The second-order valence-electron chi connectivity index (χ2n) is 4.02. The van der Waals surface area contributed by atoms with Gasteiger partial charge in [0.2, 0.25) is 0 Å². The monoisotopic (exact) mass is 314 g/mol.